The Morgan fingerprint density at radius 2 is 1.72 bits per heavy atom. The van der Waals surface area contributed by atoms with Crippen LogP contribution in [0.25, 0.3) is 0 Å². The number of phenolic OH excluding ortho intramolecular Hbond substituents is 1. The zero-order valence-electron chi connectivity index (χ0n) is 9.88. The monoisotopic (exact) mass is 243 g/mol. The van der Waals surface area contributed by atoms with E-state index in [9.17, 15) is 9.90 Å². The minimum atomic E-state index is -0.149. The maximum absolute atomic E-state index is 12.1. The molecule has 92 valence electrons. The number of nitrogen functional groups attached to an aromatic ring is 1. The van der Waals surface area contributed by atoms with Gasteiger partial charge in [-0.25, -0.2) is 0 Å². The summed E-state index contributed by atoms with van der Waals surface area (Å²) in [6.45, 7) is 0. The quantitative estimate of drug-likeness (QED) is 0.492. The van der Waals surface area contributed by atoms with Gasteiger partial charge in [-0.3, -0.25) is 4.79 Å². The van der Waals surface area contributed by atoms with Crippen LogP contribution in [0, 0.1) is 0 Å². The predicted octanol–water partition coefficient (Wildman–Crippen LogP) is 2.21. The number of methoxy groups -OCH3 is 1. The molecule has 2 aromatic rings. The number of nitrogens with two attached hydrogens (primary N) is 1. The number of carbonyl (C=O) groups excluding carboxylic acids is 1. The van der Waals surface area contributed by atoms with Crippen molar-refractivity contribution in [1.82, 2.24) is 0 Å². The second kappa shape index (κ2) is 4.79. The molecule has 0 radical (unpaired) electrons. The van der Waals surface area contributed by atoms with Crippen molar-refractivity contribution in [2.75, 3.05) is 12.8 Å². The third-order valence-corrected chi connectivity index (χ3v) is 2.64. The highest BCUT2D eigenvalue weighted by atomic mass is 16.5. The second-order valence-electron chi connectivity index (χ2n) is 3.83. The fraction of sp³-hybridized carbons (Fsp3) is 0.0714. The number of carbonyl (C=O) groups is 1. The molecule has 4 heteroatoms. The Bertz CT molecular complexity index is 576. The molecule has 0 heterocycles. The van der Waals surface area contributed by atoms with E-state index in [1.54, 1.807) is 31.4 Å². The molecule has 0 aliphatic carbocycles. The average molecular weight is 243 g/mol. The van der Waals surface area contributed by atoms with Crippen LogP contribution in [0.15, 0.2) is 42.5 Å². The third-order valence-electron chi connectivity index (χ3n) is 2.64. The molecular weight excluding hydrogens is 230 g/mol. The van der Waals surface area contributed by atoms with E-state index in [1.165, 1.54) is 18.2 Å². The second-order valence-corrected chi connectivity index (χ2v) is 3.83. The van der Waals surface area contributed by atoms with Gasteiger partial charge in [0.1, 0.15) is 11.5 Å². The molecule has 0 aliphatic heterocycles. The summed E-state index contributed by atoms with van der Waals surface area (Å²) < 4.78 is 5.03. The first-order valence-corrected chi connectivity index (χ1v) is 5.39. The van der Waals surface area contributed by atoms with E-state index in [1.807, 2.05) is 0 Å². The third kappa shape index (κ3) is 2.27. The van der Waals surface area contributed by atoms with Crippen molar-refractivity contribution in [3.63, 3.8) is 0 Å². The summed E-state index contributed by atoms with van der Waals surface area (Å²) in [4.78, 5) is 12.1. The molecular formula is C14H13NO3. The van der Waals surface area contributed by atoms with Crippen LogP contribution >= 0.6 is 0 Å². The van der Waals surface area contributed by atoms with Crippen molar-refractivity contribution < 1.29 is 14.6 Å². The number of phenols is 1. The fourth-order valence-electron chi connectivity index (χ4n) is 1.60. The molecule has 18 heavy (non-hydrogen) atoms. The predicted molar refractivity (Wildman–Crippen MR) is 68.9 cm³/mol. The lowest BCUT2D eigenvalue weighted by molar-refractivity contribution is 0.103. The van der Waals surface area contributed by atoms with Crippen LogP contribution in [0.4, 0.5) is 5.69 Å². The summed E-state index contributed by atoms with van der Waals surface area (Å²) in [5.41, 5.74) is 6.73. The van der Waals surface area contributed by atoms with Gasteiger partial charge in [0, 0.05) is 11.1 Å². The molecule has 4 nitrogen and oxygen atoms in total. The van der Waals surface area contributed by atoms with Gasteiger partial charge in [-0.1, -0.05) is 0 Å². The molecule has 2 aromatic carbocycles. The molecule has 3 N–H and O–H groups in total. The number of aromatic hydroxyl groups is 1. The Morgan fingerprint density at radius 3 is 2.28 bits per heavy atom. The van der Waals surface area contributed by atoms with Crippen molar-refractivity contribution in [3.05, 3.63) is 53.6 Å². The van der Waals surface area contributed by atoms with Gasteiger partial charge in [-0.05, 0) is 42.5 Å². The Balaban J connectivity index is 2.32. The summed E-state index contributed by atoms with van der Waals surface area (Å²) >= 11 is 0. The van der Waals surface area contributed by atoms with Gasteiger partial charge in [0.25, 0.3) is 0 Å². The highest BCUT2D eigenvalue weighted by Gasteiger charge is 2.10. The molecule has 0 amide bonds. The lowest BCUT2D eigenvalue weighted by atomic mass is 10.0. The molecule has 2 rings (SSSR count). The van der Waals surface area contributed by atoms with E-state index in [4.69, 9.17) is 10.5 Å². The highest BCUT2D eigenvalue weighted by Crippen LogP contribution is 2.22. The molecule has 0 saturated heterocycles. The smallest absolute Gasteiger partial charge is 0.193 e. The topological polar surface area (TPSA) is 72.5 Å². The van der Waals surface area contributed by atoms with Crippen molar-refractivity contribution in [1.29, 1.82) is 0 Å². The number of ether oxygens (including phenoxy) is 1. The number of benzene rings is 2. The van der Waals surface area contributed by atoms with Gasteiger partial charge < -0.3 is 15.6 Å². The molecule has 0 unspecified atom stereocenters. The molecule has 0 spiro atoms. The zero-order valence-corrected chi connectivity index (χ0v) is 9.88. The van der Waals surface area contributed by atoms with Gasteiger partial charge in [-0.2, -0.15) is 0 Å². The molecule has 0 atom stereocenters. The molecule has 0 fully saturated rings. The van der Waals surface area contributed by atoms with Crippen LogP contribution in [0.1, 0.15) is 15.9 Å². The van der Waals surface area contributed by atoms with E-state index >= 15 is 0 Å². The maximum atomic E-state index is 12.1. The zero-order chi connectivity index (χ0) is 13.1. The van der Waals surface area contributed by atoms with Crippen LogP contribution in [0.5, 0.6) is 11.5 Å². The average Bonchev–Trinajstić information content (AvgIpc) is 2.41. The number of hydrogen-bond acceptors (Lipinski definition) is 4. The first-order valence-electron chi connectivity index (χ1n) is 5.39. The summed E-state index contributed by atoms with van der Waals surface area (Å²) in [7, 11) is 1.57. The molecule has 0 aromatic heterocycles. The van der Waals surface area contributed by atoms with Crippen molar-refractivity contribution in [3.8, 4) is 11.5 Å². The number of anilines is 1. The summed E-state index contributed by atoms with van der Waals surface area (Å²) in [5.74, 6) is 0.516. The van der Waals surface area contributed by atoms with Crippen LogP contribution in [-0.4, -0.2) is 18.0 Å². The minimum Gasteiger partial charge on any atom is -0.506 e. The van der Waals surface area contributed by atoms with Crippen molar-refractivity contribution in [2.45, 2.75) is 0 Å². The van der Waals surface area contributed by atoms with E-state index < -0.39 is 0 Å². The molecule has 0 saturated carbocycles. The molecule has 0 bridgehead atoms. The van der Waals surface area contributed by atoms with Crippen LogP contribution < -0.4 is 10.5 Å². The van der Waals surface area contributed by atoms with E-state index in [-0.39, 0.29) is 17.2 Å². The SMILES string of the molecule is COc1ccc(C(=O)c2ccc(O)c(N)c2)cc1. The standard InChI is InChI=1S/C14H13NO3/c1-18-11-5-2-9(3-6-11)14(17)10-4-7-13(16)12(15)8-10/h2-8,16H,15H2,1H3. The normalized spacial score (nSPS) is 10.1. The van der Waals surface area contributed by atoms with Crippen molar-refractivity contribution >= 4 is 11.5 Å². The van der Waals surface area contributed by atoms with Crippen LogP contribution in [0.3, 0.4) is 0 Å². The highest BCUT2D eigenvalue weighted by molar-refractivity contribution is 6.09. The Hall–Kier alpha value is -2.49. The Morgan fingerprint density at radius 1 is 1.11 bits per heavy atom. The first-order chi connectivity index (χ1) is 8.61. The van der Waals surface area contributed by atoms with E-state index in [0.29, 0.717) is 16.9 Å². The lowest BCUT2D eigenvalue weighted by Gasteiger charge is -2.05. The first kappa shape index (κ1) is 12.0. The lowest BCUT2D eigenvalue weighted by Crippen LogP contribution is -2.02. The van der Waals surface area contributed by atoms with Crippen LogP contribution in [-0.2, 0) is 0 Å². The van der Waals surface area contributed by atoms with E-state index in [2.05, 4.69) is 0 Å². The van der Waals surface area contributed by atoms with E-state index in [0.717, 1.165) is 0 Å². The summed E-state index contributed by atoms with van der Waals surface area (Å²) in [5, 5.41) is 9.31. The fourth-order valence-corrected chi connectivity index (χ4v) is 1.60. The number of ketones is 1. The van der Waals surface area contributed by atoms with Crippen molar-refractivity contribution in [2.24, 2.45) is 0 Å². The number of hydrogen-bond donors (Lipinski definition) is 2. The molecule has 0 aliphatic rings. The number of rotatable bonds is 3. The summed E-state index contributed by atoms with van der Waals surface area (Å²) in [6, 6.07) is 11.2. The van der Waals surface area contributed by atoms with Gasteiger partial charge in [0.15, 0.2) is 5.78 Å². The van der Waals surface area contributed by atoms with Crippen LogP contribution in [0.2, 0.25) is 0 Å². The van der Waals surface area contributed by atoms with Gasteiger partial charge in [0.2, 0.25) is 0 Å². The van der Waals surface area contributed by atoms with Gasteiger partial charge >= 0.3 is 0 Å². The Labute approximate surface area is 105 Å². The minimum absolute atomic E-state index is 0.0266. The largest absolute Gasteiger partial charge is 0.506 e. The van der Waals surface area contributed by atoms with Gasteiger partial charge in [-0.15, -0.1) is 0 Å². The summed E-state index contributed by atoms with van der Waals surface area (Å²) in [6.07, 6.45) is 0. The van der Waals surface area contributed by atoms with Gasteiger partial charge in [0.05, 0.1) is 12.8 Å². The maximum Gasteiger partial charge on any atom is 0.193 e. The Kier molecular flexibility index (Phi) is 3.19.